The van der Waals surface area contributed by atoms with Crippen LogP contribution in [0.15, 0.2) is 0 Å². The van der Waals surface area contributed by atoms with E-state index in [1.165, 1.54) is 30.6 Å². The number of anilines is 1. The molecule has 2 N–H and O–H groups in total. The minimum absolute atomic E-state index is 0.109. The largest absolute Gasteiger partial charge is 0.360 e. The average Bonchev–Trinajstić information content (AvgIpc) is 2.94. The van der Waals surface area contributed by atoms with Gasteiger partial charge in [0.2, 0.25) is 10.1 Å². The van der Waals surface area contributed by atoms with E-state index >= 15 is 0 Å². The molecule has 1 aromatic heterocycles. The van der Waals surface area contributed by atoms with Gasteiger partial charge in [-0.05, 0) is 18.8 Å². The Bertz CT molecular complexity index is 394. The Morgan fingerprint density at radius 3 is 2.70 bits per heavy atom. The van der Waals surface area contributed by atoms with Crippen LogP contribution in [0.25, 0.3) is 0 Å². The van der Waals surface area contributed by atoms with E-state index in [1.807, 2.05) is 0 Å². The second kappa shape index (κ2) is 9.69. The highest BCUT2D eigenvalue weighted by atomic mass is 32.1. The maximum absolute atomic E-state index is 12.0. The van der Waals surface area contributed by atoms with E-state index in [2.05, 4.69) is 41.6 Å². The molecular formula is C14H26N4OS. The normalized spacial score (nSPS) is 12.2. The Balaban J connectivity index is 2.39. The second-order valence-electron chi connectivity index (χ2n) is 4.97. The zero-order chi connectivity index (χ0) is 14.8. The SMILES string of the molecule is CCCCC(CC)CNC(=O)c1nnc(NCCC)s1. The third-order valence-electron chi connectivity index (χ3n) is 3.24. The summed E-state index contributed by atoms with van der Waals surface area (Å²) in [4.78, 5) is 12.0. The van der Waals surface area contributed by atoms with Crippen molar-refractivity contribution in [3.63, 3.8) is 0 Å². The van der Waals surface area contributed by atoms with E-state index in [1.54, 1.807) is 0 Å². The van der Waals surface area contributed by atoms with Crippen molar-refractivity contribution in [3.8, 4) is 0 Å². The number of amides is 1. The van der Waals surface area contributed by atoms with Gasteiger partial charge in [-0.2, -0.15) is 0 Å². The first kappa shape index (κ1) is 16.9. The molecule has 0 spiro atoms. The van der Waals surface area contributed by atoms with E-state index in [0.717, 1.165) is 31.1 Å². The van der Waals surface area contributed by atoms with Gasteiger partial charge >= 0.3 is 0 Å². The van der Waals surface area contributed by atoms with Crippen LogP contribution in [0.4, 0.5) is 5.13 Å². The molecule has 1 heterocycles. The quantitative estimate of drug-likeness (QED) is 0.695. The molecule has 0 aliphatic rings. The van der Waals surface area contributed by atoms with Crippen molar-refractivity contribution >= 4 is 22.4 Å². The van der Waals surface area contributed by atoms with E-state index in [4.69, 9.17) is 0 Å². The van der Waals surface area contributed by atoms with Crippen LogP contribution in [0, 0.1) is 5.92 Å². The highest BCUT2D eigenvalue weighted by Gasteiger charge is 2.14. The Morgan fingerprint density at radius 2 is 2.05 bits per heavy atom. The summed E-state index contributed by atoms with van der Waals surface area (Å²) >= 11 is 1.31. The summed E-state index contributed by atoms with van der Waals surface area (Å²) in [5.41, 5.74) is 0. The molecule has 0 saturated heterocycles. The fourth-order valence-corrected chi connectivity index (χ4v) is 2.56. The van der Waals surface area contributed by atoms with Crippen LogP contribution >= 0.6 is 11.3 Å². The molecule has 0 saturated carbocycles. The van der Waals surface area contributed by atoms with E-state index in [9.17, 15) is 4.79 Å². The number of hydrogen-bond acceptors (Lipinski definition) is 5. The molecule has 1 amide bonds. The van der Waals surface area contributed by atoms with Crippen molar-refractivity contribution in [1.82, 2.24) is 15.5 Å². The predicted molar refractivity (Wildman–Crippen MR) is 84.3 cm³/mol. The second-order valence-corrected chi connectivity index (χ2v) is 5.94. The molecule has 20 heavy (non-hydrogen) atoms. The summed E-state index contributed by atoms with van der Waals surface area (Å²) in [7, 11) is 0. The molecule has 1 rings (SSSR count). The molecule has 0 radical (unpaired) electrons. The first-order valence-electron chi connectivity index (χ1n) is 7.56. The Morgan fingerprint density at radius 1 is 1.25 bits per heavy atom. The van der Waals surface area contributed by atoms with Crippen LogP contribution in [-0.4, -0.2) is 29.2 Å². The lowest BCUT2D eigenvalue weighted by Crippen LogP contribution is -2.29. The lowest BCUT2D eigenvalue weighted by atomic mass is 9.99. The molecule has 0 aromatic carbocycles. The number of rotatable bonds is 10. The number of hydrogen-bond donors (Lipinski definition) is 2. The van der Waals surface area contributed by atoms with Crippen LogP contribution in [0.5, 0.6) is 0 Å². The Labute approximate surface area is 125 Å². The zero-order valence-corrected chi connectivity index (χ0v) is 13.6. The first-order valence-corrected chi connectivity index (χ1v) is 8.38. The maximum Gasteiger partial charge on any atom is 0.282 e. The third kappa shape index (κ3) is 5.86. The van der Waals surface area contributed by atoms with Crippen LogP contribution in [-0.2, 0) is 0 Å². The van der Waals surface area contributed by atoms with Gasteiger partial charge in [0, 0.05) is 13.1 Å². The number of aromatic nitrogens is 2. The number of carbonyl (C=O) groups excluding carboxylic acids is 1. The van der Waals surface area contributed by atoms with E-state index < -0.39 is 0 Å². The third-order valence-corrected chi connectivity index (χ3v) is 4.12. The number of nitrogens with zero attached hydrogens (tertiary/aromatic N) is 2. The van der Waals surface area contributed by atoms with Crippen LogP contribution in [0.2, 0.25) is 0 Å². The molecule has 5 nitrogen and oxygen atoms in total. The van der Waals surface area contributed by atoms with Gasteiger partial charge in [0.1, 0.15) is 0 Å². The first-order chi connectivity index (χ1) is 9.71. The molecular weight excluding hydrogens is 272 g/mol. The minimum Gasteiger partial charge on any atom is -0.360 e. The van der Waals surface area contributed by atoms with Gasteiger partial charge in [-0.25, -0.2) is 0 Å². The predicted octanol–water partition coefficient (Wildman–Crippen LogP) is 3.31. The number of nitrogens with one attached hydrogen (secondary N) is 2. The standard InChI is InChI=1S/C14H26N4OS/c1-4-7-8-11(6-3)10-16-12(19)13-17-18-14(20-13)15-9-5-2/h11H,4-10H2,1-3H3,(H,15,18)(H,16,19). The highest BCUT2D eigenvalue weighted by Crippen LogP contribution is 2.16. The van der Waals surface area contributed by atoms with Gasteiger partial charge < -0.3 is 10.6 Å². The lowest BCUT2D eigenvalue weighted by molar-refractivity contribution is 0.0944. The van der Waals surface area contributed by atoms with E-state index in [-0.39, 0.29) is 5.91 Å². The molecule has 1 atom stereocenters. The molecule has 0 aliphatic heterocycles. The summed E-state index contributed by atoms with van der Waals surface area (Å²) in [6.45, 7) is 8.03. The summed E-state index contributed by atoms with van der Waals surface area (Å²) in [5.74, 6) is 0.450. The number of unbranched alkanes of at least 4 members (excludes halogenated alkanes) is 1. The van der Waals surface area contributed by atoms with Crippen molar-refractivity contribution in [3.05, 3.63) is 5.01 Å². The van der Waals surface area contributed by atoms with Gasteiger partial charge in [0.25, 0.3) is 5.91 Å². The van der Waals surface area contributed by atoms with Crippen LogP contribution in [0.1, 0.15) is 62.7 Å². The van der Waals surface area contributed by atoms with Gasteiger partial charge in [-0.3, -0.25) is 4.79 Å². The molecule has 1 aromatic rings. The van der Waals surface area contributed by atoms with E-state index in [0.29, 0.717) is 10.9 Å². The van der Waals surface area contributed by atoms with Crippen LogP contribution in [0.3, 0.4) is 0 Å². The average molecular weight is 298 g/mol. The monoisotopic (exact) mass is 298 g/mol. The fourth-order valence-electron chi connectivity index (χ4n) is 1.87. The van der Waals surface area contributed by atoms with Gasteiger partial charge in [-0.1, -0.05) is 51.4 Å². The van der Waals surface area contributed by atoms with Gasteiger partial charge in [0.05, 0.1) is 0 Å². The van der Waals surface area contributed by atoms with Crippen molar-refractivity contribution in [1.29, 1.82) is 0 Å². The summed E-state index contributed by atoms with van der Waals surface area (Å²) in [6.07, 6.45) is 5.72. The lowest BCUT2D eigenvalue weighted by Gasteiger charge is -2.14. The fraction of sp³-hybridized carbons (Fsp3) is 0.786. The molecule has 114 valence electrons. The molecule has 0 fully saturated rings. The zero-order valence-electron chi connectivity index (χ0n) is 12.7. The molecule has 0 bridgehead atoms. The highest BCUT2D eigenvalue weighted by molar-refractivity contribution is 7.17. The van der Waals surface area contributed by atoms with Crippen molar-refractivity contribution in [2.75, 3.05) is 18.4 Å². The maximum atomic E-state index is 12.0. The van der Waals surface area contributed by atoms with Crippen molar-refractivity contribution < 1.29 is 4.79 Å². The smallest absolute Gasteiger partial charge is 0.282 e. The Kier molecular flexibility index (Phi) is 8.18. The topological polar surface area (TPSA) is 66.9 Å². The molecule has 1 unspecified atom stereocenters. The summed E-state index contributed by atoms with van der Waals surface area (Å²) in [6, 6.07) is 0. The van der Waals surface area contributed by atoms with Crippen molar-refractivity contribution in [2.24, 2.45) is 5.92 Å². The van der Waals surface area contributed by atoms with Crippen molar-refractivity contribution in [2.45, 2.75) is 52.9 Å². The summed E-state index contributed by atoms with van der Waals surface area (Å²) < 4.78 is 0. The molecule has 6 heteroatoms. The Hall–Kier alpha value is -1.17. The minimum atomic E-state index is -0.109. The van der Waals surface area contributed by atoms with Gasteiger partial charge in [-0.15, -0.1) is 10.2 Å². The molecule has 0 aliphatic carbocycles. The van der Waals surface area contributed by atoms with Crippen LogP contribution < -0.4 is 10.6 Å². The van der Waals surface area contributed by atoms with Gasteiger partial charge in [0.15, 0.2) is 0 Å². The number of carbonyl (C=O) groups is 1. The summed E-state index contributed by atoms with van der Waals surface area (Å²) in [5, 5.41) is 15.2.